The molecule has 0 aromatic heterocycles. The van der Waals surface area contributed by atoms with E-state index in [0.29, 0.717) is 6.42 Å². The predicted molar refractivity (Wildman–Crippen MR) is 80.8 cm³/mol. The molecule has 0 radical (unpaired) electrons. The Kier molecular flexibility index (Phi) is 5.43. The normalized spacial score (nSPS) is 19.6. The molecule has 1 aliphatic rings. The van der Waals surface area contributed by atoms with Crippen LogP contribution in [0, 0.1) is 0 Å². The van der Waals surface area contributed by atoms with Crippen LogP contribution in [0.4, 0.5) is 0 Å². The van der Waals surface area contributed by atoms with E-state index < -0.39 is 0 Å². The number of hydrogen-bond acceptors (Lipinski definition) is 3. The molecule has 1 aliphatic heterocycles. The van der Waals surface area contributed by atoms with Gasteiger partial charge in [-0.1, -0.05) is 22.0 Å². The average Bonchev–Trinajstić information content (AvgIpc) is 2.90. The van der Waals surface area contributed by atoms with Crippen LogP contribution in [0.25, 0.3) is 0 Å². The van der Waals surface area contributed by atoms with Crippen molar-refractivity contribution in [2.75, 3.05) is 13.7 Å². The van der Waals surface area contributed by atoms with E-state index in [2.05, 4.69) is 21.2 Å². The largest absolute Gasteiger partial charge is 0.496 e. The zero-order chi connectivity index (χ0) is 14.5. The van der Waals surface area contributed by atoms with Gasteiger partial charge >= 0.3 is 0 Å². The second-order valence-corrected chi connectivity index (χ2v) is 5.93. The van der Waals surface area contributed by atoms with E-state index in [1.54, 1.807) is 7.11 Å². The average molecular weight is 342 g/mol. The lowest BCUT2D eigenvalue weighted by molar-refractivity contribution is -0.123. The molecule has 110 valence electrons. The summed E-state index contributed by atoms with van der Waals surface area (Å²) < 4.78 is 11.8. The number of benzene rings is 1. The summed E-state index contributed by atoms with van der Waals surface area (Å²) in [5.41, 5.74) is 0.969. The van der Waals surface area contributed by atoms with Crippen molar-refractivity contribution in [3.05, 3.63) is 28.2 Å². The lowest BCUT2D eigenvalue weighted by Gasteiger charge is -2.18. The number of hydrogen-bond donors (Lipinski definition) is 1. The maximum atomic E-state index is 12.0. The topological polar surface area (TPSA) is 47.6 Å². The van der Waals surface area contributed by atoms with Crippen molar-refractivity contribution < 1.29 is 14.3 Å². The Morgan fingerprint density at radius 1 is 1.60 bits per heavy atom. The van der Waals surface area contributed by atoms with Crippen LogP contribution >= 0.6 is 15.9 Å². The Morgan fingerprint density at radius 2 is 2.40 bits per heavy atom. The summed E-state index contributed by atoms with van der Waals surface area (Å²) in [6, 6.07) is 5.71. The number of methoxy groups -OCH3 is 1. The van der Waals surface area contributed by atoms with E-state index in [-0.39, 0.29) is 18.1 Å². The van der Waals surface area contributed by atoms with Gasteiger partial charge in [0.05, 0.1) is 25.7 Å². The van der Waals surface area contributed by atoms with Crippen LogP contribution in [-0.2, 0) is 9.53 Å². The summed E-state index contributed by atoms with van der Waals surface area (Å²) in [5.74, 6) is 0.790. The SMILES string of the molecule is COc1cc(Br)ccc1[C@H](C)NC(=O)C[C@@H]1CCCO1. The maximum Gasteiger partial charge on any atom is 0.223 e. The van der Waals surface area contributed by atoms with Gasteiger partial charge in [0.25, 0.3) is 0 Å². The highest BCUT2D eigenvalue weighted by atomic mass is 79.9. The first-order valence-electron chi connectivity index (χ1n) is 6.84. The Morgan fingerprint density at radius 3 is 3.05 bits per heavy atom. The quantitative estimate of drug-likeness (QED) is 0.894. The number of rotatable bonds is 5. The fourth-order valence-electron chi connectivity index (χ4n) is 2.43. The molecule has 0 bridgehead atoms. The van der Waals surface area contributed by atoms with Crippen molar-refractivity contribution in [1.29, 1.82) is 0 Å². The third kappa shape index (κ3) is 3.96. The monoisotopic (exact) mass is 341 g/mol. The first kappa shape index (κ1) is 15.3. The van der Waals surface area contributed by atoms with E-state index in [1.165, 1.54) is 0 Å². The molecule has 1 saturated heterocycles. The minimum absolute atomic E-state index is 0.0226. The zero-order valence-electron chi connectivity index (χ0n) is 11.8. The van der Waals surface area contributed by atoms with E-state index in [1.807, 2.05) is 25.1 Å². The molecule has 5 heteroatoms. The second kappa shape index (κ2) is 7.09. The van der Waals surface area contributed by atoms with Crippen LogP contribution in [0.1, 0.15) is 37.8 Å². The number of nitrogens with one attached hydrogen (secondary N) is 1. The third-order valence-corrected chi connectivity index (χ3v) is 3.97. The smallest absolute Gasteiger partial charge is 0.223 e. The van der Waals surface area contributed by atoms with Crippen molar-refractivity contribution in [3.63, 3.8) is 0 Å². The van der Waals surface area contributed by atoms with Crippen molar-refractivity contribution in [1.82, 2.24) is 5.32 Å². The lowest BCUT2D eigenvalue weighted by atomic mass is 10.1. The highest BCUT2D eigenvalue weighted by Gasteiger charge is 2.21. The molecule has 2 rings (SSSR count). The highest BCUT2D eigenvalue weighted by molar-refractivity contribution is 9.10. The van der Waals surface area contributed by atoms with E-state index in [4.69, 9.17) is 9.47 Å². The van der Waals surface area contributed by atoms with Gasteiger partial charge in [0, 0.05) is 16.6 Å². The molecule has 0 spiro atoms. The van der Waals surface area contributed by atoms with Crippen LogP contribution in [-0.4, -0.2) is 25.7 Å². The highest BCUT2D eigenvalue weighted by Crippen LogP contribution is 2.28. The number of carbonyl (C=O) groups excluding carboxylic acids is 1. The molecule has 0 aliphatic carbocycles. The van der Waals surface area contributed by atoms with E-state index >= 15 is 0 Å². The molecule has 0 saturated carbocycles. The summed E-state index contributed by atoms with van der Waals surface area (Å²) in [7, 11) is 1.63. The fraction of sp³-hybridized carbons (Fsp3) is 0.533. The van der Waals surface area contributed by atoms with Crippen molar-refractivity contribution in [2.24, 2.45) is 0 Å². The van der Waals surface area contributed by atoms with Crippen LogP contribution in [0.15, 0.2) is 22.7 Å². The molecular weight excluding hydrogens is 322 g/mol. The predicted octanol–water partition coefficient (Wildman–Crippen LogP) is 3.20. The van der Waals surface area contributed by atoms with Gasteiger partial charge in [-0.05, 0) is 31.9 Å². The van der Waals surface area contributed by atoms with Crippen molar-refractivity contribution in [3.8, 4) is 5.75 Å². The first-order chi connectivity index (χ1) is 9.60. The van der Waals surface area contributed by atoms with Crippen molar-refractivity contribution in [2.45, 2.75) is 38.3 Å². The number of halogens is 1. The van der Waals surface area contributed by atoms with Gasteiger partial charge in [0.2, 0.25) is 5.91 Å². The van der Waals surface area contributed by atoms with Gasteiger partial charge < -0.3 is 14.8 Å². The van der Waals surface area contributed by atoms with Gasteiger partial charge in [0.1, 0.15) is 5.75 Å². The molecule has 1 aromatic carbocycles. The minimum atomic E-state index is -0.0908. The van der Waals surface area contributed by atoms with Gasteiger partial charge in [-0.25, -0.2) is 0 Å². The van der Waals surface area contributed by atoms with E-state index in [9.17, 15) is 4.79 Å². The summed E-state index contributed by atoms with van der Waals surface area (Å²) in [5, 5.41) is 3.00. The lowest BCUT2D eigenvalue weighted by Crippen LogP contribution is -2.29. The summed E-state index contributed by atoms with van der Waals surface area (Å²) in [6.07, 6.45) is 2.54. The fourth-order valence-corrected chi connectivity index (χ4v) is 2.77. The third-order valence-electron chi connectivity index (χ3n) is 3.48. The van der Waals surface area contributed by atoms with Crippen molar-refractivity contribution >= 4 is 21.8 Å². The molecule has 0 unspecified atom stereocenters. The number of ether oxygens (including phenoxy) is 2. The standard InChI is InChI=1S/C15H20BrNO3/c1-10(13-6-5-11(16)8-14(13)19-2)17-15(18)9-12-4-3-7-20-12/h5-6,8,10,12H,3-4,7,9H2,1-2H3,(H,17,18)/t10-,12-/m0/s1. The summed E-state index contributed by atoms with van der Waals surface area (Å²) >= 11 is 3.41. The molecule has 1 N–H and O–H groups in total. The molecule has 1 amide bonds. The summed E-state index contributed by atoms with van der Waals surface area (Å²) in [6.45, 7) is 2.73. The van der Waals surface area contributed by atoms with Gasteiger partial charge in [-0.2, -0.15) is 0 Å². The van der Waals surface area contributed by atoms with Crippen LogP contribution in [0.5, 0.6) is 5.75 Å². The van der Waals surface area contributed by atoms with Crippen LogP contribution in [0.3, 0.4) is 0 Å². The molecule has 4 nitrogen and oxygen atoms in total. The molecule has 1 heterocycles. The molecule has 1 aromatic rings. The van der Waals surface area contributed by atoms with Gasteiger partial charge in [0.15, 0.2) is 0 Å². The maximum absolute atomic E-state index is 12.0. The molecule has 2 atom stereocenters. The number of amides is 1. The van der Waals surface area contributed by atoms with Crippen LogP contribution in [0.2, 0.25) is 0 Å². The van der Waals surface area contributed by atoms with E-state index in [0.717, 1.165) is 35.2 Å². The van der Waals surface area contributed by atoms with Crippen LogP contribution < -0.4 is 10.1 Å². The van der Waals surface area contributed by atoms with Gasteiger partial charge in [-0.3, -0.25) is 4.79 Å². The zero-order valence-corrected chi connectivity index (χ0v) is 13.4. The second-order valence-electron chi connectivity index (χ2n) is 5.01. The molecule has 20 heavy (non-hydrogen) atoms. The minimum Gasteiger partial charge on any atom is -0.496 e. The number of carbonyl (C=O) groups is 1. The first-order valence-corrected chi connectivity index (χ1v) is 7.64. The Balaban J connectivity index is 1.96. The summed E-state index contributed by atoms with van der Waals surface area (Å²) in [4.78, 5) is 12.0. The molecular formula is C15H20BrNO3. The Bertz CT molecular complexity index is 472. The van der Waals surface area contributed by atoms with Gasteiger partial charge in [-0.15, -0.1) is 0 Å². The molecule has 1 fully saturated rings. The Hall–Kier alpha value is -1.07. The Labute approximate surface area is 128 Å².